The van der Waals surface area contributed by atoms with Gasteiger partial charge in [0.1, 0.15) is 12.0 Å². The number of nitrogen functional groups attached to an aromatic ring is 1. The van der Waals surface area contributed by atoms with Crippen LogP contribution in [-0.2, 0) is 4.79 Å². The lowest BCUT2D eigenvalue weighted by atomic mass is 10.1. The number of carbonyl (C=O) groups excluding carboxylic acids is 1. The van der Waals surface area contributed by atoms with E-state index in [-0.39, 0.29) is 11.9 Å². The number of rotatable bonds is 5. The summed E-state index contributed by atoms with van der Waals surface area (Å²) in [6.45, 7) is 3.16. The van der Waals surface area contributed by atoms with Gasteiger partial charge in [0.15, 0.2) is 5.82 Å². The van der Waals surface area contributed by atoms with Gasteiger partial charge < -0.3 is 21.1 Å². The maximum atomic E-state index is 11.1. The van der Waals surface area contributed by atoms with E-state index in [2.05, 4.69) is 20.6 Å². The predicted molar refractivity (Wildman–Crippen MR) is 71.9 cm³/mol. The van der Waals surface area contributed by atoms with Gasteiger partial charge >= 0.3 is 0 Å². The molecule has 2 rings (SSSR count). The third-order valence-corrected chi connectivity index (χ3v) is 2.90. The molecule has 19 heavy (non-hydrogen) atoms. The highest BCUT2D eigenvalue weighted by atomic mass is 16.5. The molecule has 1 unspecified atom stereocenters. The minimum absolute atomic E-state index is 0.0840. The number of nitrogens with two attached hydrogens (primary N) is 1. The van der Waals surface area contributed by atoms with Crippen molar-refractivity contribution in [2.24, 2.45) is 0 Å². The summed E-state index contributed by atoms with van der Waals surface area (Å²) in [5.41, 5.74) is 6.38. The van der Waals surface area contributed by atoms with Gasteiger partial charge in [-0.15, -0.1) is 0 Å². The van der Waals surface area contributed by atoms with Gasteiger partial charge in [-0.05, 0) is 12.8 Å². The van der Waals surface area contributed by atoms with Crippen LogP contribution >= 0.6 is 0 Å². The Morgan fingerprint density at radius 3 is 3.11 bits per heavy atom. The Bertz CT molecular complexity index is 442. The Morgan fingerprint density at radius 2 is 2.42 bits per heavy atom. The van der Waals surface area contributed by atoms with E-state index in [0.29, 0.717) is 37.0 Å². The lowest BCUT2D eigenvalue weighted by Gasteiger charge is -2.24. The number of hydrogen-bond acceptors (Lipinski definition) is 6. The molecule has 1 saturated heterocycles. The molecule has 7 nitrogen and oxygen atoms in total. The molecule has 2 heterocycles. The van der Waals surface area contributed by atoms with Crippen molar-refractivity contribution >= 4 is 17.4 Å². The number of anilines is 2. The molecule has 104 valence electrons. The van der Waals surface area contributed by atoms with Gasteiger partial charge in [0.05, 0.1) is 6.61 Å². The van der Waals surface area contributed by atoms with Crippen LogP contribution < -0.4 is 21.1 Å². The van der Waals surface area contributed by atoms with Gasteiger partial charge in [0.2, 0.25) is 11.8 Å². The molecule has 1 aromatic heterocycles. The third kappa shape index (κ3) is 3.46. The average Bonchev–Trinajstić information content (AvgIpc) is 2.42. The second-order valence-electron chi connectivity index (χ2n) is 4.47. The van der Waals surface area contributed by atoms with Crippen molar-refractivity contribution in [2.45, 2.75) is 32.2 Å². The molecule has 0 spiro atoms. The number of carbonyl (C=O) groups is 1. The second kappa shape index (κ2) is 6.21. The molecule has 1 amide bonds. The van der Waals surface area contributed by atoms with E-state index in [1.54, 1.807) is 0 Å². The smallest absolute Gasteiger partial charge is 0.242 e. The van der Waals surface area contributed by atoms with Crippen molar-refractivity contribution in [3.05, 3.63) is 6.33 Å². The minimum Gasteiger partial charge on any atom is -0.476 e. The number of hydrogen-bond donors (Lipinski definition) is 3. The van der Waals surface area contributed by atoms with Crippen LogP contribution in [-0.4, -0.2) is 35.1 Å². The monoisotopic (exact) mass is 265 g/mol. The summed E-state index contributed by atoms with van der Waals surface area (Å²) in [5, 5.41) is 6.02. The summed E-state index contributed by atoms with van der Waals surface area (Å²) in [4.78, 5) is 19.2. The van der Waals surface area contributed by atoms with Crippen molar-refractivity contribution in [3.8, 4) is 5.88 Å². The van der Waals surface area contributed by atoms with E-state index in [1.165, 1.54) is 6.33 Å². The van der Waals surface area contributed by atoms with E-state index in [0.717, 1.165) is 12.8 Å². The first kappa shape index (κ1) is 13.4. The predicted octanol–water partition coefficient (Wildman–Crippen LogP) is 0.538. The molecular formula is C12H19N5O2. The van der Waals surface area contributed by atoms with Crippen molar-refractivity contribution in [1.82, 2.24) is 15.3 Å². The number of ether oxygens (including phenoxy) is 1. The highest BCUT2D eigenvalue weighted by molar-refractivity contribution is 5.77. The number of amides is 1. The molecule has 1 aromatic rings. The van der Waals surface area contributed by atoms with Crippen LogP contribution in [0, 0.1) is 0 Å². The zero-order valence-electron chi connectivity index (χ0n) is 11.0. The van der Waals surface area contributed by atoms with Crippen molar-refractivity contribution in [2.75, 3.05) is 24.2 Å². The molecule has 0 aliphatic carbocycles. The van der Waals surface area contributed by atoms with Crippen LogP contribution in [0.15, 0.2) is 6.33 Å². The van der Waals surface area contributed by atoms with Crippen molar-refractivity contribution in [1.29, 1.82) is 0 Å². The zero-order valence-corrected chi connectivity index (χ0v) is 11.0. The lowest BCUT2D eigenvalue weighted by molar-refractivity contribution is -0.122. The zero-order chi connectivity index (χ0) is 13.7. The fraction of sp³-hybridized carbons (Fsp3) is 0.583. The first-order chi connectivity index (χ1) is 9.20. The number of nitrogens with zero attached hydrogens (tertiary/aromatic N) is 2. The number of piperidine rings is 1. The van der Waals surface area contributed by atoms with Gasteiger partial charge in [-0.1, -0.05) is 6.92 Å². The Balaban J connectivity index is 2.01. The summed E-state index contributed by atoms with van der Waals surface area (Å²) in [6.07, 6.45) is 3.59. The van der Waals surface area contributed by atoms with Crippen LogP contribution in [0.3, 0.4) is 0 Å². The summed E-state index contributed by atoms with van der Waals surface area (Å²) in [5.74, 6) is 1.04. The second-order valence-corrected chi connectivity index (χ2v) is 4.47. The van der Waals surface area contributed by atoms with Crippen LogP contribution in [0.2, 0.25) is 0 Å². The van der Waals surface area contributed by atoms with Crippen LogP contribution in [0.4, 0.5) is 11.5 Å². The van der Waals surface area contributed by atoms with Gasteiger partial charge in [-0.3, -0.25) is 4.79 Å². The van der Waals surface area contributed by atoms with Gasteiger partial charge in [-0.2, -0.15) is 4.98 Å². The minimum atomic E-state index is 0.0840. The summed E-state index contributed by atoms with van der Waals surface area (Å²) >= 11 is 0. The first-order valence-electron chi connectivity index (χ1n) is 6.47. The summed E-state index contributed by atoms with van der Waals surface area (Å²) in [6, 6.07) is 0.133. The molecule has 4 N–H and O–H groups in total. The number of aromatic nitrogens is 2. The van der Waals surface area contributed by atoms with Crippen LogP contribution in [0.5, 0.6) is 5.88 Å². The largest absolute Gasteiger partial charge is 0.476 e. The van der Waals surface area contributed by atoms with E-state index >= 15 is 0 Å². The highest BCUT2D eigenvalue weighted by Crippen LogP contribution is 2.25. The summed E-state index contributed by atoms with van der Waals surface area (Å²) < 4.78 is 5.45. The molecule has 0 aromatic carbocycles. The lowest BCUT2D eigenvalue weighted by Crippen LogP contribution is -2.42. The Labute approximate surface area is 111 Å². The molecule has 0 radical (unpaired) electrons. The fourth-order valence-corrected chi connectivity index (χ4v) is 1.86. The number of nitrogens with one attached hydrogen (secondary N) is 2. The highest BCUT2D eigenvalue weighted by Gasteiger charge is 2.19. The first-order valence-corrected chi connectivity index (χ1v) is 6.47. The van der Waals surface area contributed by atoms with Crippen LogP contribution in [0.1, 0.15) is 26.2 Å². The van der Waals surface area contributed by atoms with Crippen LogP contribution in [0.25, 0.3) is 0 Å². The Morgan fingerprint density at radius 1 is 1.58 bits per heavy atom. The van der Waals surface area contributed by atoms with Gasteiger partial charge in [0, 0.05) is 19.0 Å². The van der Waals surface area contributed by atoms with E-state index in [9.17, 15) is 4.79 Å². The SMILES string of the molecule is CCCOc1ncnc(NC2CCC(=O)NC2)c1N. The molecule has 1 aliphatic heterocycles. The molecule has 7 heteroatoms. The average molecular weight is 265 g/mol. The van der Waals surface area contributed by atoms with Crippen molar-refractivity contribution in [3.63, 3.8) is 0 Å². The molecule has 0 saturated carbocycles. The van der Waals surface area contributed by atoms with Gasteiger partial charge in [0.25, 0.3) is 0 Å². The standard InChI is InChI=1S/C12H19N5O2/c1-2-5-19-12-10(13)11(15-7-16-12)17-8-3-4-9(18)14-6-8/h7-8H,2-6,13H2,1H3,(H,14,18)(H,15,16,17). The Hall–Kier alpha value is -2.05. The molecular weight excluding hydrogens is 246 g/mol. The Kier molecular flexibility index (Phi) is 4.38. The van der Waals surface area contributed by atoms with Crippen molar-refractivity contribution < 1.29 is 9.53 Å². The third-order valence-electron chi connectivity index (χ3n) is 2.90. The normalized spacial score (nSPS) is 18.8. The molecule has 1 aliphatic rings. The van der Waals surface area contributed by atoms with E-state index in [4.69, 9.17) is 10.5 Å². The fourth-order valence-electron chi connectivity index (χ4n) is 1.86. The maximum Gasteiger partial charge on any atom is 0.242 e. The van der Waals surface area contributed by atoms with E-state index < -0.39 is 0 Å². The van der Waals surface area contributed by atoms with E-state index in [1.807, 2.05) is 6.92 Å². The molecule has 1 atom stereocenters. The molecule has 0 bridgehead atoms. The summed E-state index contributed by atoms with van der Waals surface area (Å²) in [7, 11) is 0. The maximum absolute atomic E-state index is 11.1. The van der Waals surface area contributed by atoms with Gasteiger partial charge in [-0.25, -0.2) is 4.98 Å². The molecule has 1 fully saturated rings. The topological polar surface area (TPSA) is 102 Å². The quantitative estimate of drug-likeness (QED) is 0.718.